The Kier molecular flexibility index (Phi) is 7.24. The first kappa shape index (κ1) is 24.2. The van der Waals surface area contributed by atoms with Crippen LogP contribution in [0, 0.1) is 0 Å². The molecule has 0 saturated heterocycles. The van der Waals surface area contributed by atoms with Gasteiger partial charge in [-0.05, 0) is 41.0 Å². The number of amides is 1. The van der Waals surface area contributed by atoms with Crippen molar-refractivity contribution in [3.05, 3.63) is 125 Å². The van der Waals surface area contributed by atoms with Gasteiger partial charge in [0.25, 0.3) is 5.91 Å². The molecule has 6 heteroatoms. The number of hydrogen-bond donors (Lipinski definition) is 1. The van der Waals surface area contributed by atoms with E-state index in [-0.39, 0.29) is 6.54 Å². The van der Waals surface area contributed by atoms with Gasteiger partial charge in [-0.25, -0.2) is 9.78 Å². The van der Waals surface area contributed by atoms with Crippen LogP contribution in [-0.4, -0.2) is 23.5 Å². The largest absolute Gasteiger partial charge is 0.452 e. The number of carbonyl (C=O) groups excluding carboxylic acids is 2. The predicted octanol–water partition coefficient (Wildman–Crippen LogP) is 6.70. The normalized spacial score (nSPS) is 10.7. The molecule has 0 unspecified atom stereocenters. The van der Waals surface area contributed by atoms with Crippen LogP contribution in [-0.2, 0) is 16.1 Å². The second kappa shape index (κ2) is 11.1. The number of ether oxygens (including phenoxy) is 1. The fourth-order valence-electron chi connectivity index (χ4n) is 4.06. The van der Waals surface area contributed by atoms with Gasteiger partial charge in [0, 0.05) is 22.5 Å². The summed E-state index contributed by atoms with van der Waals surface area (Å²) in [4.78, 5) is 30.1. The highest BCUT2D eigenvalue weighted by molar-refractivity contribution is 6.30. The van der Waals surface area contributed by atoms with Crippen LogP contribution in [0.25, 0.3) is 33.3 Å². The Hall–Kier alpha value is -4.48. The van der Waals surface area contributed by atoms with Gasteiger partial charge in [-0.3, -0.25) is 4.79 Å². The molecule has 1 heterocycles. The average molecular weight is 507 g/mol. The van der Waals surface area contributed by atoms with Crippen LogP contribution in [0.1, 0.15) is 15.9 Å². The van der Waals surface area contributed by atoms with Crippen LogP contribution in [0.15, 0.2) is 109 Å². The highest BCUT2D eigenvalue weighted by Crippen LogP contribution is 2.28. The molecule has 0 fully saturated rings. The lowest BCUT2D eigenvalue weighted by Crippen LogP contribution is -2.28. The summed E-state index contributed by atoms with van der Waals surface area (Å²) >= 11 is 5.98. The molecule has 0 saturated carbocycles. The van der Waals surface area contributed by atoms with Gasteiger partial charge in [0.05, 0.1) is 16.8 Å². The van der Waals surface area contributed by atoms with E-state index >= 15 is 0 Å². The van der Waals surface area contributed by atoms with Crippen LogP contribution >= 0.6 is 11.6 Å². The molecule has 0 aliphatic carbocycles. The minimum absolute atomic E-state index is 0.290. The van der Waals surface area contributed by atoms with E-state index in [1.165, 1.54) is 0 Å². The fraction of sp³-hybridized carbons (Fsp3) is 0.0645. The first-order valence-electron chi connectivity index (χ1n) is 11.8. The standard InChI is InChI=1S/C31H23ClN2O3/c32-25-10-6-7-21(17-25)19-33-30(35)20-37-31(36)27-18-29(34-28-12-5-4-11-26(27)28)24-15-13-23(14-16-24)22-8-2-1-3-9-22/h1-18H,19-20H2,(H,33,35). The zero-order valence-corrected chi connectivity index (χ0v) is 20.6. The van der Waals surface area contributed by atoms with Crippen molar-refractivity contribution >= 4 is 34.4 Å². The van der Waals surface area contributed by atoms with E-state index in [0.29, 0.717) is 27.2 Å². The third-order valence-corrected chi connectivity index (χ3v) is 6.17. The Labute approximate surface area is 219 Å². The Morgan fingerprint density at radius 2 is 1.46 bits per heavy atom. The molecule has 5 rings (SSSR count). The third kappa shape index (κ3) is 5.85. The Morgan fingerprint density at radius 1 is 0.757 bits per heavy atom. The SMILES string of the molecule is O=C(COC(=O)c1cc(-c2ccc(-c3ccccc3)cc2)nc2ccccc12)NCc1cccc(Cl)c1. The van der Waals surface area contributed by atoms with Gasteiger partial charge in [-0.2, -0.15) is 0 Å². The number of nitrogens with one attached hydrogen (secondary N) is 1. The fourth-order valence-corrected chi connectivity index (χ4v) is 4.28. The average Bonchev–Trinajstić information content (AvgIpc) is 2.95. The minimum atomic E-state index is -0.585. The Morgan fingerprint density at radius 3 is 2.24 bits per heavy atom. The highest BCUT2D eigenvalue weighted by Gasteiger charge is 2.17. The summed E-state index contributed by atoms with van der Waals surface area (Å²) in [5.41, 5.74) is 5.62. The summed E-state index contributed by atoms with van der Waals surface area (Å²) in [6, 6.07) is 34.4. The number of para-hydroxylation sites is 1. The van der Waals surface area contributed by atoms with Crippen molar-refractivity contribution in [1.29, 1.82) is 0 Å². The van der Waals surface area contributed by atoms with E-state index < -0.39 is 18.5 Å². The van der Waals surface area contributed by atoms with Crippen molar-refractivity contribution in [2.24, 2.45) is 0 Å². The molecule has 0 atom stereocenters. The molecule has 0 aliphatic rings. The number of aromatic nitrogens is 1. The zero-order chi connectivity index (χ0) is 25.6. The molecule has 0 spiro atoms. The molecular weight excluding hydrogens is 484 g/mol. The van der Waals surface area contributed by atoms with E-state index in [1.54, 1.807) is 18.2 Å². The molecule has 0 radical (unpaired) electrons. The maximum atomic E-state index is 13.1. The van der Waals surface area contributed by atoms with E-state index in [9.17, 15) is 9.59 Å². The lowest BCUT2D eigenvalue weighted by atomic mass is 10.0. The van der Waals surface area contributed by atoms with Gasteiger partial charge in [0.2, 0.25) is 0 Å². The first-order chi connectivity index (χ1) is 18.1. The number of carbonyl (C=O) groups is 2. The molecule has 0 bridgehead atoms. The molecule has 5 nitrogen and oxygen atoms in total. The van der Waals surface area contributed by atoms with Crippen molar-refractivity contribution in [1.82, 2.24) is 10.3 Å². The number of rotatable bonds is 7. The molecule has 182 valence electrons. The summed E-state index contributed by atoms with van der Waals surface area (Å²) in [5.74, 6) is -0.984. The van der Waals surface area contributed by atoms with Crippen molar-refractivity contribution < 1.29 is 14.3 Å². The van der Waals surface area contributed by atoms with Gasteiger partial charge in [-0.15, -0.1) is 0 Å². The van der Waals surface area contributed by atoms with Crippen molar-refractivity contribution in [2.75, 3.05) is 6.61 Å². The van der Waals surface area contributed by atoms with Gasteiger partial charge < -0.3 is 10.1 Å². The Balaban J connectivity index is 1.33. The van der Waals surface area contributed by atoms with Gasteiger partial charge in [0.15, 0.2) is 6.61 Å². The molecule has 1 amide bonds. The Bertz CT molecular complexity index is 1570. The van der Waals surface area contributed by atoms with Crippen LogP contribution in [0.4, 0.5) is 0 Å². The number of nitrogens with zero attached hydrogens (tertiary/aromatic N) is 1. The molecular formula is C31H23ClN2O3. The monoisotopic (exact) mass is 506 g/mol. The summed E-state index contributed by atoms with van der Waals surface area (Å²) in [7, 11) is 0. The number of fused-ring (bicyclic) bond motifs is 1. The number of halogens is 1. The van der Waals surface area contributed by atoms with Crippen LogP contribution in [0.2, 0.25) is 5.02 Å². The molecule has 4 aromatic carbocycles. The summed E-state index contributed by atoms with van der Waals surface area (Å²) < 4.78 is 5.37. The second-order valence-electron chi connectivity index (χ2n) is 8.50. The molecule has 37 heavy (non-hydrogen) atoms. The third-order valence-electron chi connectivity index (χ3n) is 5.94. The van der Waals surface area contributed by atoms with Gasteiger partial charge in [0.1, 0.15) is 0 Å². The van der Waals surface area contributed by atoms with Crippen molar-refractivity contribution in [3.63, 3.8) is 0 Å². The summed E-state index contributed by atoms with van der Waals surface area (Å²) in [6.07, 6.45) is 0. The van der Waals surface area contributed by atoms with Crippen molar-refractivity contribution in [2.45, 2.75) is 6.54 Å². The van der Waals surface area contributed by atoms with E-state index in [2.05, 4.69) is 17.4 Å². The molecule has 1 N–H and O–H groups in total. The van der Waals surface area contributed by atoms with Crippen LogP contribution in [0.5, 0.6) is 0 Å². The predicted molar refractivity (Wildman–Crippen MR) is 146 cm³/mol. The number of esters is 1. The van der Waals surface area contributed by atoms with E-state index in [0.717, 1.165) is 22.3 Å². The maximum absolute atomic E-state index is 13.1. The number of pyridine rings is 1. The topological polar surface area (TPSA) is 68.3 Å². The highest BCUT2D eigenvalue weighted by atomic mass is 35.5. The molecule has 5 aromatic rings. The van der Waals surface area contributed by atoms with Gasteiger partial charge in [-0.1, -0.05) is 96.5 Å². The van der Waals surface area contributed by atoms with Crippen molar-refractivity contribution in [3.8, 4) is 22.4 Å². The quantitative estimate of drug-likeness (QED) is 0.249. The smallest absolute Gasteiger partial charge is 0.339 e. The lowest BCUT2D eigenvalue weighted by molar-refractivity contribution is -0.124. The number of benzene rings is 4. The van der Waals surface area contributed by atoms with Crippen LogP contribution in [0.3, 0.4) is 0 Å². The zero-order valence-electron chi connectivity index (χ0n) is 19.9. The minimum Gasteiger partial charge on any atom is -0.452 e. The molecule has 0 aliphatic heterocycles. The summed E-state index contributed by atoms with van der Waals surface area (Å²) in [5, 5.41) is 3.99. The second-order valence-corrected chi connectivity index (χ2v) is 8.93. The summed E-state index contributed by atoms with van der Waals surface area (Å²) in [6.45, 7) is -0.102. The van der Waals surface area contributed by atoms with Crippen LogP contribution < -0.4 is 5.32 Å². The lowest BCUT2D eigenvalue weighted by Gasteiger charge is -2.11. The van der Waals surface area contributed by atoms with E-state index in [1.807, 2.05) is 78.9 Å². The maximum Gasteiger partial charge on any atom is 0.339 e. The first-order valence-corrected chi connectivity index (χ1v) is 12.2. The number of hydrogen-bond acceptors (Lipinski definition) is 4. The van der Waals surface area contributed by atoms with Gasteiger partial charge >= 0.3 is 5.97 Å². The van der Waals surface area contributed by atoms with E-state index in [4.69, 9.17) is 21.3 Å². The molecule has 1 aromatic heterocycles.